The Labute approximate surface area is 514 Å². The lowest BCUT2D eigenvalue weighted by Gasteiger charge is -2.61. The Morgan fingerprint density at radius 1 is 0.483 bits per heavy atom. The van der Waals surface area contributed by atoms with Crippen molar-refractivity contribution < 1.29 is 153 Å². The number of hydrogen-bond donors (Lipinski definition) is 18. The van der Waals surface area contributed by atoms with Gasteiger partial charge in [-0.15, -0.1) is 0 Å². The Morgan fingerprint density at radius 2 is 0.944 bits per heavy atom. The fourth-order valence-electron chi connectivity index (χ4n) is 16.2. The van der Waals surface area contributed by atoms with Crippen LogP contribution in [0.15, 0.2) is 11.6 Å². The number of ether oxygens (including phenoxy) is 13. The van der Waals surface area contributed by atoms with Crippen LogP contribution in [0.5, 0.6) is 0 Å². The molecular weight excluding hydrogens is 1190 g/mol. The first-order valence-electron chi connectivity index (χ1n) is 31.2. The molecule has 10 aliphatic rings. The second kappa shape index (κ2) is 27.9. The van der Waals surface area contributed by atoms with Crippen molar-refractivity contribution in [2.45, 2.75) is 288 Å². The minimum absolute atomic E-state index is 0.0890. The van der Waals surface area contributed by atoms with Gasteiger partial charge in [-0.3, -0.25) is 0 Å². The molecule has 0 radical (unpaired) electrons. The third-order valence-corrected chi connectivity index (χ3v) is 21.8. The third kappa shape index (κ3) is 13.1. The number of allylic oxidation sites excluding steroid dienone is 1. The van der Waals surface area contributed by atoms with Crippen molar-refractivity contribution in [2.75, 3.05) is 33.5 Å². The molecule has 18 N–H and O–H groups in total. The summed E-state index contributed by atoms with van der Waals surface area (Å²) in [6, 6.07) is 0. The summed E-state index contributed by atoms with van der Waals surface area (Å²) in [6.07, 6.45) is -39.9. The Balaban J connectivity index is 0.724. The molecule has 4 aliphatic carbocycles. The zero-order valence-electron chi connectivity index (χ0n) is 50.6. The molecule has 0 aromatic rings. The topological polar surface area (TPSA) is 484 Å². The SMILES string of the molecule is CO[C@@H]1[C@@H](O)[C@H](O[C@H]2CC[C@@]3(C)C(=CC[C@@H]4[C@@H]3CC[C@]3(C)[C@@H]([C@H](C)O[C@@H]5O[C@H](CO[C@@H]6O[C@H](CO[C@@H]7O[C@@H](C)[C@H](O)[C@@H](O)[C@H]7O)[C@@H](O)[C@H](O)[C@H]6O)[C@@H](O)[C@H](O)[C@H]5O)CC[C@]43O)C2)O[C@H](C)[C@@H]1O[C@@H]1O[C@H](CO[C@@H]2O[C@H](CO)[C@@H](O)[C@H](O)[C@H]2O)[C@@H](O)[C@H](O)[C@H]1O. The zero-order valence-corrected chi connectivity index (χ0v) is 50.6. The van der Waals surface area contributed by atoms with E-state index >= 15 is 0 Å². The summed E-state index contributed by atoms with van der Waals surface area (Å²) >= 11 is 0. The Morgan fingerprint density at radius 3 is 1.49 bits per heavy atom. The molecule has 10 rings (SSSR count). The molecule has 6 aliphatic heterocycles. The third-order valence-electron chi connectivity index (χ3n) is 21.8. The second-order valence-corrected chi connectivity index (χ2v) is 26.9. The van der Waals surface area contributed by atoms with Crippen LogP contribution >= 0.6 is 0 Å². The van der Waals surface area contributed by atoms with Crippen molar-refractivity contribution in [1.29, 1.82) is 0 Å². The molecular formula is C58H96O31. The van der Waals surface area contributed by atoms with Crippen LogP contribution in [-0.2, 0) is 61.6 Å². The van der Waals surface area contributed by atoms with Gasteiger partial charge in [0.15, 0.2) is 37.7 Å². The first kappa shape index (κ1) is 70.3. The van der Waals surface area contributed by atoms with Crippen LogP contribution in [0.2, 0.25) is 0 Å². The van der Waals surface area contributed by atoms with Crippen molar-refractivity contribution in [3.8, 4) is 0 Å². The van der Waals surface area contributed by atoms with Gasteiger partial charge < -0.3 is 153 Å². The lowest BCUT2D eigenvalue weighted by atomic mass is 9.45. The predicted molar refractivity (Wildman–Crippen MR) is 292 cm³/mol. The van der Waals surface area contributed by atoms with Gasteiger partial charge >= 0.3 is 0 Å². The summed E-state index contributed by atoms with van der Waals surface area (Å²) in [5.74, 6) is -0.300. The molecule has 0 amide bonds. The van der Waals surface area contributed by atoms with Gasteiger partial charge in [0.2, 0.25) is 0 Å². The molecule has 6 heterocycles. The molecule has 0 aromatic heterocycles. The fraction of sp³-hybridized carbons (Fsp3) is 0.966. The second-order valence-electron chi connectivity index (χ2n) is 26.9. The highest BCUT2D eigenvalue weighted by Gasteiger charge is 2.68. The van der Waals surface area contributed by atoms with Crippen molar-refractivity contribution in [2.24, 2.45) is 28.6 Å². The Hall–Kier alpha value is -1.50. The smallest absolute Gasteiger partial charge is 0.187 e. The first-order chi connectivity index (χ1) is 42.0. The van der Waals surface area contributed by atoms with Gasteiger partial charge in [-0.1, -0.05) is 25.5 Å². The van der Waals surface area contributed by atoms with Crippen LogP contribution in [0.3, 0.4) is 0 Å². The van der Waals surface area contributed by atoms with Crippen LogP contribution in [0.25, 0.3) is 0 Å². The van der Waals surface area contributed by atoms with E-state index in [1.807, 2.05) is 6.92 Å². The molecule has 89 heavy (non-hydrogen) atoms. The highest BCUT2D eigenvalue weighted by Crippen LogP contribution is 2.69. The lowest BCUT2D eigenvalue weighted by Crippen LogP contribution is -2.65. The van der Waals surface area contributed by atoms with Gasteiger partial charge in [-0.2, -0.15) is 0 Å². The maximum atomic E-state index is 13.1. The Bertz CT molecular complexity index is 2350. The average Bonchev–Trinajstić information content (AvgIpc) is 1.66. The van der Waals surface area contributed by atoms with Crippen LogP contribution < -0.4 is 0 Å². The lowest BCUT2D eigenvalue weighted by molar-refractivity contribution is -0.366. The summed E-state index contributed by atoms with van der Waals surface area (Å²) < 4.78 is 76.4. The van der Waals surface area contributed by atoms with E-state index in [1.165, 1.54) is 19.6 Å². The van der Waals surface area contributed by atoms with E-state index in [0.717, 1.165) is 6.42 Å². The summed E-state index contributed by atoms with van der Waals surface area (Å²) in [6.45, 7) is 6.78. The van der Waals surface area contributed by atoms with Crippen LogP contribution in [-0.4, -0.2) is 327 Å². The van der Waals surface area contributed by atoms with E-state index in [2.05, 4.69) is 19.9 Å². The molecule has 38 atom stereocenters. The normalized spacial score (nSPS) is 55.0. The molecule has 0 bridgehead atoms. The van der Waals surface area contributed by atoms with Crippen LogP contribution in [0, 0.1) is 28.6 Å². The molecule has 3 saturated carbocycles. The van der Waals surface area contributed by atoms with Crippen LogP contribution in [0.1, 0.15) is 86.0 Å². The summed E-state index contributed by atoms with van der Waals surface area (Å²) in [7, 11) is 1.35. The summed E-state index contributed by atoms with van der Waals surface area (Å²) in [5.41, 5.74) is -0.947. The molecule has 31 nitrogen and oxygen atoms in total. The van der Waals surface area contributed by atoms with Crippen molar-refractivity contribution in [1.82, 2.24) is 0 Å². The molecule has 0 unspecified atom stereocenters. The number of aliphatic hydroxyl groups is 18. The fourth-order valence-corrected chi connectivity index (χ4v) is 16.2. The number of hydrogen-bond acceptors (Lipinski definition) is 31. The van der Waals surface area contributed by atoms with Crippen molar-refractivity contribution >= 4 is 0 Å². The number of aliphatic hydroxyl groups excluding tert-OH is 17. The van der Waals surface area contributed by atoms with Gasteiger partial charge in [-0.25, -0.2) is 0 Å². The van der Waals surface area contributed by atoms with Gasteiger partial charge in [0.1, 0.15) is 134 Å². The van der Waals surface area contributed by atoms with Gasteiger partial charge in [-0.05, 0) is 95.3 Å². The van der Waals surface area contributed by atoms with Crippen LogP contribution in [0.4, 0.5) is 0 Å². The highest BCUT2D eigenvalue weighted by atomic mass is 16.8. The summed E-state index contributed by atoms with van der Waals surface area (Å²) in [5, 5.41) is 194. The maximum absolute atomic E-state index is 13.1. The van der Waals surface area contributed by atoms with E-state index in [9.17, 15) is 91.9 Å². The van der Waals surface area contributed by atoms with Gasteiger partial charge in [0.05, 0.1) is 56.4 Å². The number of fused-ring (bicyclic) bond motifs is 5. The average molecular weight is 1290 g/mol. The highest BCUT2D eigenvalue weighted by molar-refractivity contribution is 5.28. The van der Waals surface area contributed by atoms with E-state index in [4.69, 9.17) is 61.6 Å². The Kier molecular flexibility index (Phi) is 22.1. The van der Waals surface area contributed by atoms with Gasteiger partial charge in [0, 0.05) is 12.5 Å². The van der Waals surface area contributed by atoms with E-state index in [0.29, 0.717) is 44.9 Å². The molecule has 0 spiro atoms. The predicted octanol–water partition coefficient (Wildman–Crippen LogP) is -6.92. The zero-order chi connectivity index (χ0) is 64.7. The largest absolute Gasteiger partial charge is 0.394 e. The maximum Gasteiger partial charge on any atom is 0.187 e. The van der Waals surface area contributed by atoms with E-state index in [1.54, 1.807) is 6.92 Å². The van der Waals surface area contributed by atoms with Gasteiger partial charge in [0.25, 0.3) is 0 Å². The summed E-state index contributed by atoms with van der Waals surface area (Å²) in [4.78, 5) is 0. The molecule has 9 fully saturated rings. The standard InChI is InChI=1S/C58H96O31/c1-20(81-53-45(73)40(68)35(63)30(87-53)18-80-52-44(72)39(67)34(62)29(86-52)17-78-50-42(70)37(65)32(60)21(2)82-50)25-11-14-58(76)27-8-7-23-15-24(9-12-56(23,4)26(27)10-13-57(25,58)5)84-55-47(75)49(77-6)48(22(3)83-55)89-54-46(74)41(69)36(64)31(88-54)19-79-51-43(71)38(66)33(61)28(16-59)85-51/h7,20-22,24-55,59-76H,8-19H2,1-6H3/t20-,21-,22+,24-,25+,26-,27+,28+,29+,30+,31+,32-,33+,34+,35+,36+,37+,38-,39-,40-,41-,42+,43+,44+,45+,46+,47+,48-,49+,50+,51+,52+,53+,54-,55-,56-,57+,58-/m0/s1. The van der Waals surface area contributed by atoms with Crippen molar-refractivity contribution in [3.63, 3.8) is 0 Å². The van der Waals surface area contributed by atoms with E-state index < -0.39 is 234 Å². The monoisotopic (exact) mass is 1290 g/mol. The molecule has 0 aromatic carbocycles. The van der Waals surface area contributed by atoms with E-state index in [-0.39, 0.29) is 23.2 Å². The minimum Gasteiger partial charge on any atom is -0.394 e. The molecule has 6 saturated heterocycles. The molecule has 514 valence electrons. The molecule has 31 heteroatoms. The van der Waals surface area contributed by atoms with Crippen molar-refractivity contribution in [3.05, 3.63) is 11.6 Å². The quantitative estimate of drug-likeness (QED) is 0.0567. The first-order valence-corrected chi connectivity index (χ1v) is 31.2. The minimum atomic E-state index is -1.84. The number of methoxy groups -OCH3 is 1. The number of rotatable bonds is 18.